The second-order valence-electron chi connectivity index (χ2n) is 4.88. The topological polar surface area (TPSA) is 53.3 Å². The highest BCUT2D eigenvalue weighted by atomic mass is 16.2. The van der Waals surface area contributed by atoms with Crippen molar-refractivity contribution < 1.29 is 14.2 Å². The van der Waals surface area contributed by atoms with E-state index < -0.39 is 0 Å². The Morgan fingerprint density at radius 3 is 2.10 bits per heavy atom. The van der Waals surface area contributed by atoms with Gasteiger partial charge in [-0.3, -0.25) is 14.5 Å². The first-order valence-electron chi connectivity index (χ1n) is 6.83. The standard InChI is InChI=1S/C16H15N3O2/c1-17-12-6-8-18(9-7-12)10-11-19-15(20)13-4-2-3-5-14(13)16(19)21/h2-9H,10-11H2,1H3/p+1. The van der Waals surface area contributed by atoms with Crippen molar-refractivity contribution in [1.29, 1.82) is 0 Å². The van der Waals surface area contributed by atoms with Gasteiger partial charge in [-0.05, 0) is 12.1 Å². The zero-order valence-corrected chi connectivity index (χ0v) is 11.7. The number of rotatable bonds is 4. The Labute approximate surface area is 122 Å². The molecule has 0 bridgehead atoms. The highest BCUT2D eigenvalue weighted by Gasteiger charge is 2.35. The Hall–Kier alpha value is -2.69. The lowest BCUT2D eigenvalue weighted by molar-refractivity contribution is -0.695. The number of amides is 2. The first-order valence-corrected chi connectivity index (χ1v) is 6.83. The minimum absolute atomic E-state index is 0.206. The van der Waals surface area contributed by atoms with Crippen LogP contribution >= 0.6 is 0 Å². The van der Waals surface area contributed by atoms with Gasteiger partial charge in [-0.15, -0.1) is 0 Å². The number of hydrogen-bond donors (Lipinski definition) is 1. The van der Waals surface area contributed by atoms with Crippen molar-refractivity contribution in [1.82, 2.24) is 4.90 Å². The normalized spacial score (nSPS) is 13.5. The van der Waals surface area contributed by atoms with Gasteiger partial charge < -0.3 is 5.32 Å². The van der Waals surface area contributed by atoms with E-state index in [1.807, 2.05) is 36.1 Å². The molecular weight excluding hydrogens is 266 g/mol. The lowest BCUT2D eigenvalue weighted by atomic mass is 10.1. The third-order valence-corrected chi connectivity index (χ3v) is 3.64. The number of carbonyl (C=O) groups excluding carboxylic acids is 2. The third-order valence-electron chi connectivity index (χ3n) is 3.64. The van der Waals surface area contributed by atoms with Crippen molar-refractivity contribution in [2.75, 3.05) is 18.9 Å². The number of benzene rings is 1. The van der Waals surface area contributed by atoms with Crippen LogP contribution in [0.15, 0.2) is 48.8 Å². The molecule has 0 aliphatic carbocycles. The monoisotopic (exact) mass is 282 g/mol. The summed E-state index contributed by atoms with van der Waals surface area (Å²) < 4.78 is 1.95. The average molecular weight is 282 g/mol. The fourth-order valence-corrected chi connectivity index (χ4v) is 2.43. The van der Waals surface area contributed by atoms with E-state index in [1.165, 1.54) is 4.90 Å². The van der Waals surface area contributed by atoms with Gasteiger partial charge in [0.05, 0.1) is 17.7 Å². The molecule has 5 nitrogen and oxygen atoms in total. The van der Waals surface area contributed by atoms with Crippen molar-refractivity contribution in [2.45, 2.75) is 6.54 Å². The van der Waals surface area contributed by atoms with E-state index in [1.54, 1.807) is 24.3 Å². The van der Waals surface area contributed by atoms with Crippen LogP contribution in [0.4, 0.5) is 5.69 Å². The van der Waals surface area contributed by atoms with Crippen LogP contribution in [-0.2, 0) is 6.54 Å². The van der Waals surface area contributed by atoms with Gasteiger partial charge in [-0.1, -0.05) is 12.1 Å². The molecular formula is C16H16N3O2+. The van der Waals surface area contributed by atoms with E-state index in [4.69, 9.17) is 0 Å². The van der Waals surface area contributed by atoms with Crippen molar-refractivity contribution in [2.24, 2.45) is 0 Å². The zero-order chi connectivity index (χ0) is 14.8. The predicted octanol–water partition coefficient (Wildman–Crippen LogP) is 1.31. The molecule has 5 heteroatoms. The molecule has 1 aromatic heterocycles. The molecule has 21 heavy (non-hydrogen) atoms. The van der Waals surface area contributed by atoms with E-state index >= 15 is 0 Å². The van der Waals surface area contributed by atoms with Gasteiger partial charge in [0.1, 0.15) is 0 Å². The van der Waals surface area contributed by atoms with Crippen molar-refractivity contribution in [3.05, 3.63) is 59.9 Å². The van der Waals surface area contributed by atoms with Gasteiger partial charge in [0.2, 0.25) is 0 Å². The molecule has 1 aromatic carbocycles. The van der Waals surface area contributed by atoms with Crippen LogP contribution in [0, 0.1) is 0 Å². The summed E-state index contributed by atoms with van der Waals surface area (Å²) in [6, 6.07) is 10.8. The highest BCUT2D eigenvalue weighted by molar-refractivity contribution is 6.21. The molecule has 2 amide bonds. The largest absolute Gasteiger partial charge is 0.388 e. The van der Waals surface area contributed by atoms with E-state index in [0.717, 1.165) is 5.69 Å². The fourth-order valence-electron chi connectivity index (χ4n) is 2.43. The van der Waals surface area contributed by atoms with Gasteiger partial charge in [0.15, 0.2) is 18.9 Å². The van der Waals surface area contributed by atoms with Gasteiger partial charge in [0, 0.05) is 24.9 Å². The van der Waals surface area contributed by atoms with Crippen LogP contribution in [0.1, 0.15) is 20.7 Å². The molecule has 1 aliphatic heterocycles. The summed E-state index contributed by atoms with van der Waals surface area (Å²) in [7, 11) is 1.86. The minimum Gasteiger partial charge on any atom is -0.388 e. The Bertz CT molecular complexity index is 660. The van der Waals surface area contributed by atoms with Crippen LogP contribution in [0.25, 0.3) is 0 Å². The number of nitrogens with zero attached hydrogens (tertiary/aromatic N) is 2. The summed E-state index contributed by atoms with van der Waals surface area (Å²) in [5.41, 5.74) is 2.02. The molecule has 0 fully saturated rings. The third kappa shape index (κ3) is 2.38. The van der Waals surface area contributed by atoms with Crippen LogP contribution < -0.4 is 9.88 Å². The van der Waals surface area contributed by atoms with Gasteiger partial charge >= 0.3 is 0 Å². The Kier molecular flexibility index (Phi) is 3.39. The number of aromatic nitrogens is 1. The Morgan fingerprint density at radius 1 is 1.00 bits per heavy atom. The van der Waals surface area contributed by atoms with Crippen LogP contribution in [-0.4, -0.2) is 30.3 Å². The second-order valence-corrected chi connectivity index (χ2v) is 4.88. The molecule has 0 unspecified atom stereocenters. The number of fused-ring (bicyclic) bond motifs is 1. The molecule has 0 atom stereocenters. The average Bonchev–Trinajstić information content (AvgIpc) is 2.78. The maximum absolute atomic E-state index is 12.2. The van der Waals surface area contributed by atoms with Crippen molar-refractivity contribution in [3.63, 3.8) is 0 Å². The van der Waals surface area contributed by atoms with Crippen LogP contribution in [0.3, 0.4) is 0 Å². The molecule has 2 heterocycles. The van der Waals surface area contributed by atoms with Crippen LogP contribution in [0.5, 0.6) is 0 Å². The minimum atomic E-state index is -0.206. The zero-order valence-electron chi connectivity index (χ0n) is 11.7. The molecule has 1 N–H and O–H groups in total. The highest BCUT2D eigenvalue weighted by Crippen LogP contribution is 2.21. The van der Waals surface area contributed by atoms with E-state index in [0.29, 0.717) is 24.2 Å². The molecule has 1 aliphatic rings. The smallest absolute Gasteiger partial charge is 0.261 e. The van der Waals surface area contributed by atoms with E-state index in [-0.39, 0.29) is 11.8 Å². The Morgan fingerprint density at radius 2 is 1.57 bits per heavy atom. The summed E-state index contributed by atoms with van der Waals surface area (Å²) in [6.07, 6.45) is 3.84. The van der Waals surface area contributed by atoms with Crippen molar-refractivity contribution in [3.8, 4) is 0 Å². The number of anilines is 1. The molecule has 0 saturated heterocycles. The first-order chi connectivity index (χ1) is 10.2. The fraction of sp³-hybridized carbons (Fsp3) is 0.188. The van der Waals surface area contributed by atoms with E-state index in [2.05, 4.69) is 5.32 Å². The number of imide groups is 1. The first kappa shape index (κ1) is 13.3. The maximum atomic E-state index is 12.2. The second kappa shape index (κ2) is 5.36. The van der Waals surface area contributed by atoms with E-state index in [9.17, 15) is 9.59 Å². The molecule has 0 radical (unpaired) electrons. The number of nitrogens with one attached hydrogen (secondary N) is 1. The summed E-state index contributed by atoms with van der Waals surface area (Å²) in [6.45, 7) is 0.950. The number of carbonyl (C=O) groups is 2. The molecule has 2 aromatic rings. The van der Waals surface area contributed by atoms with Gasteiger partial charge in [-0.25, -0.2) is 4.57 Å². The summed E-state index contributed by atoms with van der Waals surface area (Å²) in [5, 5.41) is 3.05. The quantitative estimate of drug-likeness (QED) is 0.679. The maximum Gasteiger partial charge on any atom is 0.261 e. The van der Waals surface area contributed by atoms with Gasteiger partial charge in [0.25, 0.3) is 11.8 Å². The molecule has 0 spiro atoms. The lowest BCUT2D eigenvalue weighted by Crippen LogP contribution is -2.42. The number of pyridine rings is 1. The summed E-state index contributed by atoms with van der Waals surface area (Å²) >= 11 is 0. The lowest BCUT2D eigenvalue weighted by Gasteiger charge is -2.11. The molecule has 106 valence electrons. The van der Waals surface area contributed by atoms with Crippen molar-refractivity contribution >= 4 is 17.5 Å². The molecule has 0 saturated carbocycles. The predicted molar refractivity (Wildman–Crippen MR) is 78.0 cm³/mol. The summed E-state index contributed by atoms with van der Waals surface area (Å²) in [5.74, 6) is -0.411. The van der Waals surface area contributed by atoms with Gasteiger partial charge in [-0.2, -0.15) is 0 Å². The Balaban J connectivity index is 1.72. The summed E-state index contributed by atoms with van der Waals surface area (Å²) in [4.78, 5) is 25.7. The SMILES string of the molecule is CNc1cc[n+](CCN2C(=O)c3ccccc3C2=O)cc1. The molecule has 3 rings (SSSR count). The van der Waals surface area contributed by atoms with Crippen LogP contribution in [0.2, 0.25) is 0 Å². The number of hydrogen-bond acceptors (Lipinski definition) is 3.